The molecule has 0 unspecified atom stereocenters. The van der Waals surface area contributed by atoms with E-state index in [4.69, 9.17) is 4.98 Å². The summed E-state index contributed by atoms with van der Waals surface area (Å²) in [6.45, 7) is 11.3. The van der Waals surface area contributed by atoms with Gasteiger partial charge in [-0.3, -0.25) is 4.98 Å². The Labute approximate surface area is 234 Å². The maximum absolute atomic E-state index is 4.88. The second kappa shape index (κ2) is 10.2. The van der Waals surface area contributed by atoms with Crippen LogP contribution in [0.5, 0.6) is 0 Å². The summed E-state index contributed by atoms with van der Waals surface area (Å²) in [5.74, 6) is 0. The van der Waals surface area contributed by atoms with E-state index in [9.17, 15) is 0 Å². The summed E-state index contributed by atoms with van der Waals surface area (Å²) in [5, 5.41) is 3.64. The summed E-state index contributed by atoms with van der Waals surface area (Å²) < 4.78 is 2.36. The molecule has 0 atom stereocenters. The molecule has 0 spiro atoms. The zero-order valence-corrected chi connectivity index (χ0v) is 25.6. The molecule has 166 valence electrons. The molecule has 0 bridgehead atoms. The topological polar surface area (TPSA) is 17.3 Å². The number of rotatable bonds is 2. The fraction of sp³-hybridized carbons (Fsp3) is 0.259. The third-order valence-electron chi connectivity index (χ3n) is 5.54. The second-order valence-electron chi connectivity index (χ2n) is 9.20. The van der Waals surface area contributed by atoms with Gasteiger partial charge in [0.05, 0.1) is 16.2 Å². The van der Waals surface area contributed by atoms with Gasteiger partial charge in [-0.05, 0) is 48.3 Å². The van der Waals surface area contributed by atoms with Crippen molar-refractivity contribution in [1.82, 2.24) is 9.38 Å². The van der Waals surface area contributed by atoms with Crippen LogP contribution in [0.3, 0.4) is 0 Å². The molecule has 0 fully saturated rings. The van der Waals surface area contributed by atoms with Gasteiger partial charge in [-0.25, -0.2) is 0 Å². The standard InChI is InChI=1S/C26H25N2S.CH3.Ir.Y/c1-16-9-8-10-17(2)23(16)22-15-27-24-20-12-7-6-11-19(20)21-13-18(14-26(3,4)5)29-25(21)28(22)24;;;/h6-11,13,15H,14H2,1-5H3;1H3;;/q2*-1;;. The van der Waals surface area contributed by atoms with E-state index < -0.39 is 0 Å². The van der Waals surface area contributed by atoms with Crippen molar-refractivity contribution in [2.45, 2.75) is 41.0 Å². The second-order valence-corrected chi connectivity index (χ2v) is 10.3. The summed E-state index contributed by atoms with van der Waals surface area (Å²) in [7, 11) is 0. The fourth-order valence-corrected chi connectivity index (χ4v) is 5.86. The van der Waals surface area contributed by atoms with Crippen LogP contribution in [0.4, 0.5) is 0 Å². The normalized spacial score (nSPS) is 11.3. The summed E-state index contributed by atoms with van der Waals surface area (Å²) in [5.41, 5.74) is 6.26. The molecule has 2 aromatic carbocycles. The first kappa shape index (κ1) is 27.3. The van der Waals surface area contributed by atoms with Crippen molar-refractivity contribution in [2.75, 3.05) is 0 Å². The fourth-order valence-electron chi connectivity index (χ4n) is 4.38. The van der Waals surface area contributed by atoms with Crippen molar-refractivity contribution in [3.05, 3.63) is 78.2 Å². The summed E-state index contributed by atoms with van der Waals surface area (Å²) in [4.78, 5) is 7.58. The maximum Gasteiger partial charge on any atom is 0.0914 e. The smallest absolute Gasteiger partial charge is 0.0914 e. The van der Waals surface area contributed by atoms with Gasteiger partial charge in [0.2, 0.25) is 0 Å². The first-order valence-corrected chi connectivity index (χ1v) is 10.9. The minimum Gasteiger partial charge on any atom is -0.358 e. The van der Waals surface area contributed by atoms with Crippen LogP contribution in [-0.2, 0) is 59.2 Å². The number of imidazole rings is 1. The van der Waals surface area contributed by atoms with E-state index >= 15 is 0 Å². The van der Waals surface area contributed by atoms with Crippen molar-refractivity contribution in [2.24, 2.45) is 5.41 Å². The predicted molar refractivity (Wildman–Crippen MR) is 131 cm³/mol. The number of benzene rings is 2. The Bertz CT molecular complexity index is 1370. The number of fused-ring (bicyclic) bond motifs is 6. The van der Waals surface area contributed by atoms with Gasteiger partial charge in [0.15, 0.2) is 0 Å². The molecule has 0 aliphatic rings. The molecular weight excluding hydrogens is 666 g/mol. The van der Waals surface area contributed by atoms with E-state index in [1.807, 2.05) is 23.6 Å². The largest absolute Gasteiger partial charge is 0.358 e. The molecule has 5 heteroatoms. The van der Waals surface area contributed by atoms with Crippen LogP contribution in [0, 0.1) is 32.8 Å². The van der Waals surface area contributed by atoms with Gasteiger partial charge < -0.3 is 11.8 Å². The molecule has 0 saturated carbocycles. The van der Waals surface area contributed by atoms with E-state index in [1.165, 1.54) is 42.9 Å². The monoisotopic (exact) mass is 694 g/mol. The molecule has 0 saturated heterocycles. The Balaban J connectivity index is 0.00000121. The molecule has 0 aliphatic heterocycles. The Morgan fingerprint density at radius 1 is 1.03 bits per heavy atom. The van der Waals surface area contributed by atoms with Gasteiger partial charge in [0, 0.05) is 69.5 Å². The number of aryl methyl sites for hydroxylation is 2. The van der Waals surface area contributed by atoms with Crippen molar-refractivity contribution in [1.29, 1.82) is 0 Å². The van der Waals surface area contributed by atoms with E-state index in [2.05, 4.69) is 81.5 Å². The average molecular weight is 694 g/mol. The Morgan fingerprint density at radius 2 is 1.72 bits per heavy atom. The third kappa shape index (κ3) is 4.68. The summed E-state index contributed by atoms with van der Waals surface area (Å²) in [6, 6.07) is 18.6. The molecule has 3 aromatic heterocycles. The summed E-state index contributed by atoms with van der Waals surface area (Å²) >= 11 is 1.90. The van der Waals surface area contributed by atoms with Crippen LogP contribution in [0.25, 0.3) is 37.9 Å². The number of aromatic nitrogens is 2. The van der Waals surface area contributed by atoms with E-state index in [0.29, 0.717) is 0 Å². The zero-order valence-electron chi connectivity index (χ0n) is 19.5. The van der Waals surface area contributed by atoms with E-state index in [-0.39, 0.29) is 65.7 Å². The van der Waals surface area contributed by atoms with Gasteiger partial charge in [-0.1, -0.05) is 44.4 Å². The molecule has 0 N–H and O–H groups in total. The Kier molecular flexibility index (Phi) is 8.68. The van der Waals surface area contributed by atoms with Crippen molar-refractivity contribution in [3.8, 4) is 11.3 Å². The Morgan fingerprint density at radius 3 is 2.38 bits per heavy atom. The van der Waals surface area contributed by atoms with Crippen molar-refractivity contribution in [3.63, 3.8) is 0 Å². The Hall–Kier alpha value is -0.897. The van der Waals surface area contributed by atoms with Crippen LogP contribution < -0.4 is 0 Å². The molecule has 5 aromatic rings. The van der Waals surface area contributed by atoms with Crippen LogP contribution in [-0.4, -0.2) is 9.38 Å². The van der Waals surface area contributed by atoms with Crippen LogP contribution in [0.15, 0.2) is 48.7 Å². The molecule has 32 heavy (non-hydrogen) atoms. The number of nitrogens with zero attached hydrogens (tertiary/aromatic N) is 2. The van der Waals surface area contributed by atoms with Crippen LogP contribution >= 0.6 is 11.3 Å². The SMILES string of the molecule is Cc1cccc(C)c1-c1cnc2c3[c-]cccc3c3cc(CC(C)(C)C)sc3n12.[CH3-].[Ir].[Y]. The molecule has 2 nitrogen and oxygen atoms in total. The van der Waals surface area contributed by atoms with E-state index in [0.717, 1.165) is 17.5 Å². The number of thiophene rings is 1. The van der Waals surface area contributed by atoms with E-state index in [1.54, 1.807) is 0 Å². The minimum atomic E-state index is 0. The van der Waals surface area contributed by atoms with Gasteiger partial charge >= 0.3 is 0 Å². The third-order valence-corrected chi connectivity index (χ3v) is 6.66. The van der Waals surface area contributed by atoms with Gasteiger partial charge in [0.25, 0.3) is 0 Å². The van der Waals surface area contributed by atoms with Crippen LogP contribution in [0.1, 0.15) is 36.8 Å². The van der Waals surface area contributed by atoms with Crippen molar-refractivity contribution >= 4 is 38.0 Å². The molecule has 0 aliphatic carbocycles. The minimum absolute atomic E-state index is 0. The molecule has 5 rings (SSSR count). The van der Waals surface area contributed by atoms with Crippen LogP contribution in [0.2, 0.25) is 0 Å². The first-order valence-electron chi connectivity index (χ1n) is 10.1. The number of hydrogen-bond donors (Lipinski definition) is 0. The van der Waals surface area contributed by atoms with Crippen molar-refractivity contribution < 1.29 is 52.8 Å². The maximum atomic E-state index is 4.88. The average Bonchev–Trinajstić information content (AvgIpc) is 3.25. The number of hydrogen-bond acceptors (Lipinski definition) is 2. The van der Waals surface area contributed by atoms with Gasteiger partial charge in [-0.2, -0.15) is 0 Å². The molecule has 3 heterocycles. The molecular formula is C27H28IrN2SY-2. The quantitative estimate of drug-likeness (QED) is 0.173. The molecule has 0 amide bonds. The van der Waals surface area contributed by atoms with Gasteiger partial charge in [-0.15, -0.1) is 41.0 Å². The first-order chi connectivity index (χ1) is 13.8. The zero-order chi connectivity index (χ0) is 20.3. The molecule has 2 radical (unpaired) electrons. The predicted octanol–water partition coefficient (Wildman–Crippen LogP) is 7.82. The number of pyridine rings is 1. The summed E-state index contributed by atoms with van der Waals surface area (Å²) in [6.07, 6.45) is 3.10. The van der Waals surface area contributed by atoms with Gasteiger partial charge in [0.1, 0.15) is 0 Å².